The molecule has 1 heterocycles. The van der Waals surface area contributed by atoms with Crippen LogP contribution in [0.15, 0.2) is 0 Å². The van der Waals surface area contributed by atoms with Crippen LogP contribution in [0.1, 0.15) is 0 Å². The van der Waals surface area contributed by atoms with E-state index >= 15 is 0 Å². The van der Waals surface area contributed by atoms with Gasteiger partial charge in [-0.2, -0.15) is 5.21 Å². The first-order chi connectivity index (χ1) is 5.29. The van der Waals surface area contributed by atoms with Gasteiger partial charge in [0.1, 0.15) is 0 Å². The lowest BCUT2D eigenvalue weighted by atomic mass is 10.6. The summed E-state index contributed by atoms with van der Waals surface area (Å²) in [6.45, 7) is 0.0427. The van der Waals surface area contributed by atoms with Gasteiger partial charge in [0.05, 0.1) is 6.54 Å². The summed E-state index contributed by atoms with van der Waals surface area (Å²) in [6.07, 6.45) is 0. The summed E-state index contributed by atoms with van der Waals surface area (Å²) >= 11 is 0. The topological polar surface area (TPSA) is 110 Å². The van der Waals surface area contributed by atoms with Crippen LogP contribution < -0.4 is 5.32 Å². The van der Waals surface area contributed by atoms with Gasteiger partial charge < -0.3 is 5.32 Å². The summed E-state index contributed by atoms with van der Waals surface area (Å²) in [4.78, 5) is 9.41. The van der Waals surface area contributed by atoms with Crippen LogP contribution in [0.25, 0.3) is 0 Å². The number of nitrogens with zero attached hydrogens (tertiary/aromatic N) is 4. The zero-order chi connectivity index (χ0) is 8.10. The van der Waals surface area contributed by atoms with E-state index < -0.39 is 4.92 Å². The molecule has 0 spiro atoms. The van der Waals surface area contributed by atoms with E-state index in [0.717, 1.165) is 0 Å². The highest BCUT2D eigenvalue weighted by Crippen LogP contribution is 1.87. The summed E-state index contributed by atoms with van der Waals surface area (Å²) in [5, 5.41) is 24.9. The molecule has 0 saturated heterocycles. The molecule has 0 amide bonds. The van der Waals surface area contributed by atoms with Crippen molar-refractivity contribution in [1.82, 2.24) is 20.6 Å². The Morgan fingerprint density at radius 2 is 2.55 bits per heavy atom. The van der Waals surface area contributed by atoms with Gasteiger partial charge in [-0.25, -0.2) is 0 Å². The molecule has 0 atom stereocenters. The lowest BCUT2D eigenvalue weighted by Gasteiger charge is -1.93. The maximum absolute atomic E-state index is 9.83. The number of nitrogens with one attached hydrogen (secondary N) is 2. The molecule has 0 bridgehead atoms. The molecule has 0 unspecified atom stereocenters. The quantitative estimate of drug-likeness (QED) is 0.424. The average Bonchev–Trinajstić information content (AvgIpc) is 2.39. The monoisotopic (exact) mass is 158 g/mol. The first-order valence-corrected chi connectivity index (χ1v) is 2.88. The fraction of sp³-hybridized carbons (Fsp3) is 0.667. The molecule has 8 nitrogen and oxygen atoms in total. The van der Waals surface area contributed by atoms with Gasteiger partial charge in [-0.05, 0) is 5.21 Å². The van der Waals surface area contributed by atoms with Crippen molar-refractivity contribution in [3.63, 3.8) is 0 Å². The second-order valence-electron chi connectivity index (χ2n) is 1.72. The summed E-state index contributed by atoms with van der Waals surface area (Å²) in [5.41, 5.74) is 0. The normalized spacial score (nSPS) is 9.45. The van der Waals surface area contributed by atoms with E-state index in [1.54, 1.807) is 0 Å². The van der Waals surface area contributed by atoms with Crippen molar-refractivity contribution in [2.75, 3.05) is 18.4 Å². The molecule has 11 heavy (non-hydrogen) atoms. The van der Waals surface area contributed by atoms with Gasteiger partial charge in [0, 0.05) is 4.92 Å². The third-order valence-electron chi connectivity index (χ3n) is 0.923. The first kappa shape index (κ1) is 7.38. The number of aromatic amines is 1. The number of hydrogen-bond acceptors (Lipinski definition) is 6. The molecule has 0 fully saturated rings. The standard InChI is InChI=1S/C3H6N6O2/c10-9(11)2-1-4-3-5-7-8-6-3/h1-2H2,(H2,4,5,6,7,8). The zero-order valence-corrected chi connectivity index (χ0v) is 5.52. The van der Waals surface area contributed by atoms with Gasteiger partial charge in [-0.3, -0.25) is 10.1 Å². The van der Waals surface area contributed by atoms with Crippen molar-refractivity contribution in [2.24, 2.45) is 0 Å². The molecule has 0 aliphatic heterocycles. The predicted molar refractivity (Wildman–Crippen MR) is 34.5 cm³/mol. The Morgan fingerprint density at radius 1 is 1.73 bits per heavy atom. The van der Waals surface area contributed by atoms with E-state index in [0.29, 0.717) is 0 Å². The van der Waals surface area contributed by atoms with E-state index in [9.17, 15) is 10.1 Å². The first-order valence-electron chi connectivity index (χ1n) is 2.88. The Hall–Kier alpha value is -1.73. The van der Waals surface area contributed by atoms with E-state index in [1.807, 2.05) is 0 Å². The Balaban J connectivity index is 2.19. The number of hydrogen-bond donors (Lipinski definition) is 2. The third kappa shape index (κ3) is 2.56. The molecule has 8 heteroatoms. The van der Waals surface area contributed by atoms with Crippen molar-refractivity contribution in [3.8, 4) is 0 Å². The number of anilines is 1. The molecule has 0 radical (unpaired) electrons. The van der Waals surface area contributed by atoms with Crippen LogP contribution in [0, 0.1) is 10.1 Å². The van der Waals surface area contributed by atoms with Crippen LogP contribution >= 0.6 is 0 Å². The minimum Gasteiger partial charge on any atom is -0.345 e. The third-order valence-corrected chi connectivity index (χ3v) is 0.923. The molecule has 0 saturated carbocycles. The lowest BCUT2D eigenvalue weighted by Crippen LogP contribution is -2.13. The highest BCUT2D eigenvalue weighted by atomic mass is 16.6. The Bertz CT molecular complexity index is 220. The predicted octanol–water partition coefficient (Wildman–Crippen LogP) is -1.11. The van der Waals surface area contributed by atoms with Crippen LogP contribution in [0.4, 0.5) is 5.95 Å². The number of aromatic nitrogens is 4. The molecular formula is C3H6N6O2. The Kier molecular flexibility index (Phi) is 2.31. The summed E-state index contributed by atoms with van der Waals surface area (Å²) in [7, 11) is 0. The summed E-state index contributed by atoms with van der Waals surface area (Å²) in [6, 6.07) is 0. The number of nitro groups is 1. The van der Waals surface area contributed by atoms with E-state index in [1.165, 1.54) is 0 Å². The highest BCUT2D eigenvalue weighted by Gasteiger charge is 1.98. The Labute approximate surface area is 61.1 Å². The largest absolute Gasteiger partial charge is 0.345 e. The summed E-state index contributed by atoms with van der Waals surface area (Å²) in [5.74, 6) is 0.270. The van der Waals surface area contributed by atoms with Crippen LogP contribution in [-0.2, 0) is 0 Å². The van der Waals surface area contributed by atoms with Crippen molar-refractivity contribution in [3.05, 3.63) is 10.1 Å². The minimum atomic E-state index is -0.424. The lowest BCUT2D eigenvalue weighted by molar-refractivity contribution is -0.476. The molecular weight excluding hydrogens is 152 g/mol. The molecule has 0 aliphatic rings. The molecule has 1 rings (SSSR count). The SMILES string of the molecule is O=[N+]([O-])CCNc1nn[nH]n1. The fourth-order valence-electron chi connectivity index (χ4n) is 0.496. The smallest absolute Gasteiger partial charge is 0.263 e. The zero-order valence-electron chi connectivity index (χ0n) is 5.52. The van der Waals surface area contributed by atoms with Gasteiger partial charge in [0.15, 0.2) is 0 Å². The van der Waals surface area contributed by atoms with Crippen molar-refractivity contribution in [1.29, 1.82) is 0 Å². The second-order valence-corrected chi connectivity index (χ2v) is 1.72. The number of tetrazole rings is 1. The number of H-pyrrole nitrogens is 1. The Morgan fingerprint density at radius 3 is 3.09 bits per heavy atom. The molecule has 60 valence electrons. The molecule has 0 aliphatic carbocycles. The van der Waals surface area contributed by atoms with Gasteiger partial charge >= 0.3 is 0 Å². The molecule has 1 aromatic heterocycles. The van der Waals surface area contributed by atoms with Crippen LogP contribution in [-0.4, -0.2) is 38.6 Å². The van der Waals surface area contributed by atoms with Crippen LogP contribution in [0.5, 0.6) is 0 Å². The van der Waals surface area contributed by atoms with E-state index in [4.69, 9.17) is 0 Å². The van der Waals surface area contributed by atoms with E-state index in [2.05, 4.69) is 25.9 Å². The maximum atomic E-state index is 9.83. The average molecular weight is 158 g/mol. The van der Waals surface area contributed by atoms with Gasteiger partial charge in [0.2, 0.25) is 6.54 Å². The molecule has 2 N–H and O–H groups in total. The minimum absolute atomic E-state index is 0.158. The fourth-order valence-corrected chi connectivity index (χ4v) is 0.496. The van der Waals surface area contributed by atoms with E-state index in [-0.39, 0.29) is 19.0 Å². The van der Waals surface area contributed by atoms with Crippen molar-refractivity contribution < 1.29 is 4.92 Å². The van der Waals surface area contributed by atoms with Crippen LogP contribution in [0.2, 0.25) is 0 Å². The second kappa shape index (κ2) is 3.44. The van der Waals surface area contributed by atoms with Crippen molar-refractivity contribution >= 4 is 5.95 Å². The van der Waals surface area contributed by atoms with Crippen LogP contribution in [0.3, 0.4) is 0 Å². The maximum Gasteiger partial charge on any atom is 0.263 e. The molecule has 1 aromatic rings. The van der Waals surface area contributed by atoms with Gasteiger partial charge in [-0.15, -0.1) is 5.10 Å². The van der Waals surface area contributed by atoms with Crippen molar-refractivity contribution in [2.45, 2.75) is 0 Å². The number of rotatable bonds is 4. The van der Waals surface area contributed by atoms with Gasteiger partial charge in [-0.1, -0.05) is 5.10 Å². The highest BCUT2D eigenvalue weighted by molar-refractivity contribution is 5.17. The molecule has 0 aromatic carbocycles. The summed E-state index contributed by atoms with van der Waals surface area (Å²) < 4.78 is 0. The van der Waals surface area contributed by atoms with Gasteiger partial charge in [0.25, 0.3) is 5.95 Å².